The lowest BCUT2D eigenvalue weighted by atomic mass is 9.98. The smallest absolute Gasteiger partial charge is 0.161 e. The molecular weight excluding hydrogens is 336 g/mol. The van der Waals surface area contributed by atoms with Crippen LogP contribution in [0.3, 0.4) is 0 Å². The van der Waals surface area contributed by atoms with E-state index in [1.165, 1.54) is 0 Å². The Morgan fingerprint density at radius 2 is 1.64 bits per heavy atom. The van der Waals surface area contributed by atoms with Gasteiger partial charge in [-0.05, 0) is 12.5 Å². The van der Waals surface area contributed by atoms with E-state index in [1.807, 2.05) is 0 Å². The SMILES string of the molecule is CCCC[C@@H](c1cc(F)c(F)cc1F)N1CCNCC1.Cl.Cl. The van der Waals surface area contributed by atoms with Gasteiger partial charge in [-0.15, -0.1) is 24.8 Å². The molecule has 1 aliphatic heterocycles. The van der Waals surface area contributed by atoms with Crippen molar-refractivity contribution >= 4 is 24.8 Å². The monoisotopic (exact) mass is 358 g/mol. The summed E-state index contributed by atoms with van der Waals surface area (Å²) in [5, 5.41) is 3.24. The lowest BCUT2D eigenvalue weighted by Gasteiger charge is -2.35. The van der Waals surface area contributed by atoms with Crippen LogP contribution in [0.1, 0.15) is 37.8 Å². The van der Waals surface area contributed by atoms with Crippen LogP contribution in [0.4, 0.5) is 13.2 Å². The highest BCUT2D eigenvalue weighted by Gasteiger charge is 2.25. The Morgan fingerprint density at radius 3 is 2.23 bits per heavy atom. The maximum Gasteiger partial charge on any atom is 0.161 e. The van der Waals surface area contributed by atoms with Gasteiger partial charge in [-0.1, -0.05) is 19.8 Å². The molecule has 0 aromatic heterocycles. The van der Waals surface area contributed by atoms with E-state index < -0.39 is 17.5 Å². The first kappa shape index (κ1) is 21.5. The van der Waals surface area contributed by atoms with E-state index in [9.17, 15) is 13.2 Å². The predicted octanol–water partition coefficient (Wildman–Crippen LogP) is 4.08. The summed E-state index contributed by atoms with van der Waals surface area (Å²) in [6.07, 6.45) is 2.69. The third kappa shape index (κ3) is 5.30. The molecule has 7 heteroatoms. The molecule has 1 N–H and O–H groups in total. The zero-order valence-electron chi connectivity index (χ0n) is 12.6. The van der Waals surface area contributed by atoms with Gasteiger partial charge in [0.25, 0.3) is 0 Å². The van der Waals surface area contributed by atoms with Gasteiger partial charge in [0.1, 0.15) is 5.82 Å². The van der Waals surface area contributed by atoms with Crippen LogP contribution in [0.15, 0.2) is 12.1 Å². The highest BCUT2D eigenvalue weighted by molar-refractivity contribution is 5.85. The third-order valence-electron chi connectivity index (χ3n) is 3.82. The molecule has 0 radical (unpaired) electrons. The van der Waals surface area contributed by atoms with Crippen LogP contribution in [0.5, 0.6) is 0 Å². The molecule has 1 heterocycles. The summed E-state index contributed by atoms with van der Waals surface area (Å²) in [6, 6.07) is 1.51. The summed E-state index contributed by atoms with van der Waals surface area (Å²) in [5.41, 5.74) is 0.277. The highest BCUT2D eigenvalue weighted by atomic mass is 35.5. The Balaban J connectivity index is 0.00000220. The van der Waals surface area contributed by atoms with Crippen molar-refractivity contribution < 1.29 is 13.2 Å². The molecule has 2 rings (SSSR count). The first-order chi connectivity index (χ1) is 9.63. The van der Waals surface area contributed by atoms with E-state index in [4.69, 9.17) is 0 Å². The molecular formula is C15H23Cl2F3N2. The van der Waals surface area contributed by atoms with E-state index in [1.54, 1.807) is 0 Å². The first-order valence-corrected chi connectivity index (χ1v) is 7.22. The van der Waals surface area contributed by atoms with Crippen LogP contribution in [-0.2, 0) is 0 Å². The zero-order valence-corrected chi connectivity index (χ0v) is 14.2. The van der Waals surface area contributed by atoms with Crippen LogP contribution in [0.2, 0.25) is 0 Å². The lowest BCUT2D eigenvalue weighted by molar-refractivity contribution is 0.159. The first-order valence-electron chi connectivity index (χ1n) is 7.22. The van der Waals surface area contributed by atoms with E-state index in [-0.39, 0.29) is 36.4 Å². The van der Waals surface area contributed by atoms with Gasteiger partial charge in [0, 0.05) is 43.9 Å². The lowest BCUT2D eigenvalue weighted by Crippen LogP contribution is -2.45. The molecule has 0 amide bonds. The van der Waals surface area contributed by atoms with Gasteiger partial charge >= 0.3 is 0 Å². The number of unbranched alkanes of at least 4 members (excludes halogenated alkanes) is 1. The summed E-state index contributed by atoms with van der Waals surface area (Å²) in [5.74, 6) is -2.75. The standard InChI is InChI=1S/C15H21F3N2.2ClH/c1-2-3-4-15(20-7-5-19-6-8-20)11-9-13(17)14(18)10-12(11)16;;/h9-10,15,19H,2-8H2,1H3;2*1H/t15-;;/m0../s1. The Bertz CT molecular complexity index is 455. The molecule has 1 aromatic rings. The minimum Gasteiger partial charge on any atom is -0.314 e. The van der Waals surface area contributed by atoms with E-state index in [0.717, 1.165) is 51.5 Å². The molecule has 1 aromatic carbocycles. The quantitative estimate of drug-likeness (QED) is 0.797. The highest BCUT2D eigenvalue weighted by Crippen LogP contribution is 2.30. The van der Waals surface area contributed by atoms with Gasteiger partial charge in [0.15, 0.2) is 11.6 Å². The Kier molecular flexibility index (Phi) is 10.1. The Labute approximate surface area is 142 Å². The van der Waals surface area contributed by atoms with Crippen molar-refractivity contribution in [2.75, 3.05) is 26.2 Å². The van der Waals surface area contributed by atoms with E-state index in [2.05, 4.69) is 17.1 Å². The molecule has 0 unspecified atom stereocenters. The maximum atomic E-state index is 14.0. The van der Waals surface area contributed by atoms with Gasteiger partial charge in [-0.3, -0.25) is 4.90 Å². The largest absolute Gasteiger partial charge is 0.314 e. The van der Waals surface area contributed by atoms with Crippen LogP contribution >= 0.6 is 24.8 Å². The topological polar surface area (TPSA) is 15.3 Å². The molecule has 22 heavy (non-hydrogen) atoms. The number of piperazine rings is 1. The third-order valence-corrected chi connectivity index (χ3v) is 3.82. The molecule has 1 saturated heterocycles. The summed E-state index contributed by atoms with van der Waals surface area (Å²) < 4.78 is 40.5. The maximum absolute atomic E-state index is 14.0. The number of nitrogens with one attached hydrogen (secondary N) is 1. The molecule has 0 saturated carbocycles. The fourth-order valence-corrected chi connectivity index (χ4v) is 2.72. The van der Waals surface area contributed by atoms with Crippen molar-refractivity contribution in [3.63, 3.8) is 0 Å². The number of hydrogen-bond donors (Lipinski definition) is 1. The fraction of sp³-hybridized carbons (Fsp3) is 0.600. The van der Waals surface area contributed by atoms with Gasteiger partial charge < -0.3 is 5.32 Å². The molecule has 128 valence electrons. The van der Waals surface area contributed by atoms with Crippen molar-refractivity contribution in [1.29, 1.82) is 0 Å². The van der Waals surface area contributed by atoms with Crippen LogP contribution in [0, 0.1) is 17.5 Å². The van der Waals surface area contributed by atoms with Gasteiger partial charge in [-0.2, -0.15) is 0 Å². The van der Waals surface area contributed by atoms with Gasteiger partial charge in [-0.25, -0.2) is 13.2 Å². The van der Waals surface area contributed by atoms with Crippen LogP contribution < -0.4 is 5.32 Å². The van der Waals surface area contributed by atoms with E-state index in [0.29, 0.717) is 6.07 Å². The van der Waals surface area contributed by atoms with Crippen molar-refractivity contribution in [2.24, 2.45) is 0 Å². The number of hydrogen-bond acceptors (Lipinski definition) is 2. The molecule has 1 fully saturated rings. The van der Waals surface area contributed by atoms with Crippen molar-refractivity contribution in [3.8, 4) is 0 Å². The molecule has 1 aliphatic rings. The minimum atomic E-state index is -1.12. The van der Waals surface area contributed by atoms with Crippen LogP contribution in [-0.4, -0.2) is 31.1 Å². The van der Waals surface area contributed by atoms with E-state index >= 15 is 0 Å². The molecule has 0 bridgehead atoms. The summed E-state index contributed by atoms with van der Waals surface area (Å²) >= 11 is 0. The Morgan fingerprint density at radius 1 is 1.05 bits per heavy atom. The Hall–Kier alpha value is -0.490. The van der Waals surface area contributed by atoms with Crippen molar-refractivity contribution in [1.82, 2.24) is 10.2 Å². The molecule has 1 atom stereocenters. The number of halogens is 5. The molecule has 0 spiro atoms. The second-order valence-electron chi connectivity index (χ2n) is 5.23. The fourth-order valence-electron chi connectivity index (χ4n) is 2.72. The molecule has 0 aliphatic carbocycles. The number of rotatable bonds is 5. The average Bonchev–Trinajstić information content (AvgIpc) is 2.45. The second kappa shape index (κ2) is 10.3. The van der Waals surface area contributed by atoms with Crippen LogP contribution in [0.25, 0.3) is 0 Å². The average molecular weight is 359 g/mol. The summed E-state index contributed by atoms with van der Waals surface area (Å²) in [7, 11) is 0. The second-order valence-corrected chi connectivity index (χ2v) is 5.23. The predicted molar refractivity (Wildman–Crippen MR) is 87.5 cm³/mol. The summed E-state index contributed by atoms with van der Waals surface area (Å²) in [4.78, 5) is 2.15. The number of benzene rings is 1. The zero-order chi connectivity index (χ0) is 14.5. The van der Waals surface area contributed by atoms with Crippen molar-refractivity contribution in [2.45, 2.75) is 32.2 Å². The number of nitrogens with zero attached hydrogens (tertiary/aromatic N) is 1. The molecule has 2 nitrogen and oxygen atoms in total. The van der Waals surface area contributed by atoms with Gasteiger partial charge in [0.2, 0.25) is 0 Å². The minimum absolute atomic E-state index is 0. The normalized spacial score (nSPS) is 16.5. The van der Waals surface area contributed by atoms with Crippen molar-refractivity contribution in [3.05, 3.63) is 35.1 Å². The summed E-state index contributed by atoms with van der Waals surface area (Å²) in [6.45, 7) is 5.35. The van der Waals surface area contributed by atoms with Gasteiger partial charge in [0.05, 0.1) is 0 Å².